The zero-order chi connectivity index (χ0) is 40.2. The minimum Gasteiger partial charge on any atom is -0.309 e. The van der Waals surface area contributed by atoms with Crippen molar-refractivity contribution >= 4 is 38.6 Å². The molecule has 1 aliphatic rings. The van der Waals surface area contributed by atoms with Crippen LogP contribution in [0.3, 0.4) is 0 Å². The van der Waals surface area contributed by atoms with Crippen molar-refractivity contribution in [2.24, 2.45) is 0 Å². The van der Waals surface area contributed by atoms with E-state index < -0.39 is 0 Å². The van der Waals surface area contributed by atoms with Gasteiger partial charge >= 0.3 is 0 Å². The van der Waals surface area contributed by atoms with Gasteiger partial charge in [0.1, 0.15) is 0 Å². The van der Waals surface area contributed by atoms with Crippen LogP contribution in [0.25, 0.3) is 77.2 Å². The first kappa shape index (κ1) is 35.7. The Balaban J connectivity index is 1.26. The molecule has 0 bridgehead atoms. The summed E-state index contributed by atoms with van der Waals surface area (Å²) in [6, 6.07) is 82.7. The predicted molar refractivity (Wildman–Crippen MR) is 255 cm³/mol. The molecule has 284 valence electrons. The van der Waals surface area contributed by atoms with Gasteiger partial charge in [-0.2, -0.15) is 0 Å². The van der Waals surface area contributed by atoms with Crippen LogP contribution in [0, 0.1) is 0 Å². The van der Waals surface area contributed by atoms with Crippen LogP contribution in [0.1, 0.15) is 25.0 Å². The normalized spacial score (nSPS) is 12.6. The molecule has 60 heavy (non-hydrogen) atoms. The summed E-state index contributed by atoms with van der Waals surface area (Å²) in [7, 11) is 0. The highest BCUT2D eigenvalue weighted by Crippen LogP contribution is 2.54. The Morgan fingerprint density at radius 3 is 1.65 bits per heavy atom. The van der Waals surface area contributed by atoms with E-state index in [0.717, 1.165) is 17.1 Å². The highest BCUT2D eigenvalue weighted by atomic mass is 15.1. The van der Waals surface area contributed by atoms with E-state index in [4.69, 9.17) is 0 Å². The fourth-order valence-electron chi connectivity index (χ4n) is 9.76. The molecule has 0 aliphatic heterocycles. The molecule has 1 aliphatic carbocycles. The summed E-state index contributed by atoms with van der Waals surface area (Å²) < 4.78 is 0. The lowest BCUT2D eigenvalue weighted by molar-refractivity contribution is 0.660. The van der Waals surface area contributed by atoms with Gasteiger partial charge in [0.2, 0.25) is 0 Å². The molecule has 0 heterocycles. The quantitative estimate of drug-likeness (QED) is 0.146. The molecule has 0 fully saturated rings. The minimum atomic E-state index is -0.170. The third-order valence-electron chi connectivity index (χ3n) is 12.7. The predicted octanol–water partition coefficient (Wildman–Crippen LogP) is 16.4. The van der Waals surface area contributed by atoms with Crippen LogP contribution in [0.15, 0.2) is 224 Å². The first-order valence-electron chi connectivity index (χ1n) is 20.9. The lowest BCUT2D eigenvalue weighted by Crippen LogP contribution is -2.17. The average molecular weight is 766 g/mol. The summed E-state index contributed by atoms with van der Waals surface area (Å²) in [5.41, 5.74) is 18.0. The summed E-state index contributed by atoms with van der Waals surface area (Å²) in [6.07, 6.45) is 0. The van der Waals surface area contributed by atoms with E-state index >= 15 is 0 Å². The van der Waals surface area contributed by atoms with Gasteiger partial charge in [-0.15, -0.1) is 0 Å². The Morgan fingerprint density at radius 1 is 0.317 bits per heavy atom. The third kappa shape index (κ3) is 5.85. The Hall–Kier alpha value is -7.48. The van der Waals surface area contributed by atoms with Crippen molar-refractivity contribution in [3.05, 3.63) is 236 Å². The molecule has 0 saturated carbocycles. The highest BCUT2D eigenvalue weighted by Gasteiger charge is 2.36. The fraction of sp³-hybridized carbons (Fsp3) is 0.0508. The molecule has 11 rings (SSSR count). The van der Waals surface area contributed by atoms with Crippen molar-refractivity contribution in [3.8, 4) is 55.6 Å². The summed E-state index contributed by atoms with van der Waals surface area (Å²) >= 11 is 0. The highest BCUT2D eigenvalue weighted by molar-refractivity contribution is 6.17. The maximum absolute atomic E-state index is 2.54. The summed E-state index contributed by atoms with van der Waals surface area (Å²) in [5.74, 6) is 0. The van der Waals surface area contributed by atoms with E-state index in [0.29, 0.717) is 0 Å². The standard InChI is InChI=1S/C59H43N/c1-59(2)54-31-17-16-29-50(54)51-35-34-45(39-55(51)59)60(56-36-33-43(40-19-6-3-7-20-40)37-52(56)42-23-10-5-11-24-42)57-32-18-30-47(41-21-8-4-9-22-41)58(57)53-38-44-25-12-13-26-46(44)48-27-14-15-28-49(48)53/h3-39H,1-2H3. The molecule has 0 atom stereocenters. The lowest BCUT2D eigenvalue weighted by Gasteiger charge is -2.33. The molecular formula is C59H43N. The summed E-state index contributed by atoms with van der Waals surface area (Å²) in [6.45, 7) is 4.75. The van der Waals surface area contributed by atoms with Crippen LogP contribution in [0.4, 0.5) is 17.1 Å². The van der Waals surface area contributed by atoms with Crippen molar-refractivity contribution < 1.29 is 0 Å². The fourth-order valence-corrected chi connectivity index (χ4v) is 9.76. The number of hydrogen-bond donors (Lipinski definition) is 0. The lowest BCUT2D eigenvalue weighted by atomic mass is 9.82. The van der Waals surface area contributed by atoms with E-state index in [1.165, 1.54) is 88.3 Å². The van der Waals surface area contributed by atoms with E-state index in [2.05, 4.69) is 243 Å². The summed E-state index contributed by atoms with van der Waals surface area (Å²) in [5, 5.41) is 4.96. The van der Waals surface area contributed by atoms with Crippen molar-refractivity contribution in [2.75, 3.05) is 4.90 Å². The molecule has 0 saturated heterocycles. The molecule has 10 aromatic carbocycles. The van der Waals surface area contributed by atoms with Gasteiger partial charge in [0.25, 0.3) is 0 Å². The molecule has 0 spiro atoms. The van der Waals surface area contributed by atoms with Crippen LogP contribution < -0.4 is 4.90 Å². The van der Waals surface area contributed by atoms with Gasteiger partial charge in [-0.3, -0.25) is 0 Å². The van der Waals surface area contributed by atoms with Gasteiger partial charge < -0.3 is 4.90 Å². The largest absolute Gasteiger partial charge is 0.309 e. The van der Waals surface area contributed by atoms with Crippen LogP contribution in [0.2, 0.25) is 0 Å². The van der Waals surface area contributed by atoms with Gasteiger partial charge in [0.15, 0.2) is 0 Å². The average Bonchev–Trinajstić information content (AvgIpc) is 3.55. The molecule has 0 unspecified atom stereocenters. The molecule has 1 nitrogen and oxygen atoms in total. The number of hydrogen-bond acceptors (Lipinski definition) is 1. The van der Waals surface area contributed by atoms with Crippen molar-refractivity contribution in [3.63, 3.8) is 0 Å². The second-order valence-electron chi connectivity index (χ2n) is 16.5. The first-order chi connectivity index (χ1) is 29.5. The van der Waals surface area contributed by atoms with Gasteiger partial charge in [-0.05, 0) is 114 Å². The molecular weight excluding hydrogens is 723 g/mol. The van der Waals surface area contributed by atoms with E-state index in [9.17, 15) is 0 Å². The molecule has 0 N–H and O–H groups in total. The molecule has 0 aromatic heterocycles. The molecule has 1 heteroatoms. The smallest absolute Gasteiger partial charge is 0.0546 e. The van der Waals surface area contributed by atoms with Crippen LogP contribution >= 0.6 is 0 Å². The maximum Gasteiger partial charge on any atom is 0.0546 e. The first-order valence-corrected chi connectivity index (χ1v) is 20.9. The molecule has 0 amide bonds. The van der Waals surface area contributed by atoms with Crippen LogP contribution in [-0.2, 0) is 5.41 Å². The number of fused-ring (bicyclic) bond motifs is 6. The minimum absolute atomic E-state index is 0.170. The second kappa shape index (κ2) is 14.4. The van der Waals surface area contributed by atoms with Gasteiger partial charge in [0.05, 0.1) is 11.4 Å². The van der Waals surface area contributed by atoms with Crippen molar-refractivity contribution in [1.29, 1.82) is 0 Å². The molecule has 10 aromatic rings. The third-order valence-corrected chi connectivity index (χ3v) is 12.7. The molecule has 0 radical (unpaired) electrons. The van der Waals surface area contributed by atoms with Crippen molar-refractivity contribution in [2.45, 2.75) is 19.3 Å². The zero-order valence-electron chi connectivity index (χ0n) is 33.8. The van der Waals surface area contributed by atoms with E-state index in [1.54, 1.807) is 0 Å². The van der Waals surface area contributed by atoms with Gasteiger partial charge in [0, 0.05) is 22.2 Å². The van der Waals surface area contributed by atoms with Crippen molar-refractivity contribution in [1.82, 2.24) is 0 Å². The Kier molecular flexibility index (Phi) is 8.57. The van der Waals surface area contributed by atoms with Crippen LogP contribution in [0.5, 0.6) is 0 Å². The number of benzene rings is 10. The van der Waals surface area contributed by atoms with E-state index in [1.807, 2.05) is 0 Å². The Morgan fingerprint density at radius 2 is 0.900 bits per heavy atom. The Bertz CT molecular complexity index is 3220. The number of anilines is 3. The Labute approximate surface area is 352 Å². The van der Waals surface area contributed by atoms with E-state index in [-0.39, 0.29) is 5.41 Å². The van der Waals surface area contributed by atoms with Gasteiger partial charge in [-0.25, -0.2) is 0 Å². The number of nitrogens with zero attached hydrogens (tertiary/aromatic N) is 1. The maximum atomic E-state index is 2.54. The SMILES string of the molecule is CC1(C)c2ccccc2-c2ccc(N(c3ccc(-c4ccccc4)cc3-c3ccccc3)c3cccc(-c4ccccc4)c3-c3cc4ccccc4c4ccccc34)cc21. The number of rotatable bonds is 7. The van der Waals surface area contributed by atoms with Crippen LogP contribution in [-0.4, -0.2) is 0 Å². The van der Waals surface area contributed by atoms with Gasteiger partial charge in [-0.1, -0.05) is 202 Å². The monoisotopic (exact) mass is 765 g/mol. The zero-order valence-corrected chi connectivity index (χ0v) is 33.8. The summed E-state index contributed by atoms with van der Waals surface area (Å²) in [4.78, 5) is 2.54. The second-order valence-corrected chi connectivity index (χ2v) is 16.5. The topological polar surface area (TPSA) is 3.24 Å².